The molecule has 2 nitrogen and oxygen atoms in total. The van der Waals surface area contributed by atoms with Crippen LogP contribution in [0.3, 0.4) is 0 Å². The zero-order valence-corrected chi connectivity index (χ0v) is 15.4. The minimum absolute atomic E-state index is 0.466. The highest BCUT2D eigenvalue weighted by Crippen LogP contribution is 2.22. The highest BCUT2D eigenvalue weighted by Gasteiger charge is 2.18. The molecule has 0 N–H and O–H groups in total. The summed E-state index contributed by atoms with van der Waals surface area (Å²) in [6.07, 6.45) is 2.44. The molecule has 0 aromatic heterocycles. The van der Waals surface area contributed by atoms with Gasteiger partial charge in [-0.1, -0.05) is 48.9 Å². The third kappa shape index (κ3) is 4.28. The maximum atomic E-state index is 6.15. The first-order valence-corrected chi connectivity index (χ1v) is 9.17. The van der Waals surface area contributed by atoms with Crippen LogP contribution >= 0.6 is 23.8 Å². The molecule has 0 aliphatic carbocycles. The molecule has 1 saturated heterocycles. The number of ether oxygens (including phenoxy) is 1. The summed E-state index contributed by atoms with van der Waals surface area (Å²) in [6.45, 7) is 4.90. The topological polar surface area (TPSA) is 12.5 Å². The third-order valence-corrected chi connectivity index (χ3v) is 5.39. The van der Waals surface area contributed by atoms with Crippen molar-refractivity contribution in [1.29, 1.82) is 0 Å². The molecule has 0 saturated carbocycles. The molecule has 2 aromatic rings. The van der Waals surface area contributed by atoms with Gasteiger partial charge >= 0.3 is 0 Å². The first-order valence-electron chi connectivity index (χ1n) is 8.39. The van der Waals surface area contributed by atoms with Gasteiger partial charge in [0.2, 0.25) is 0 Å². The number of likely N-dealkylation sites (tertiary alicyclic amines) is 1. The third-order valence-electron chi connectivity index (χ3n) is 4.52. The zero-order valence-electron chi connectivity index (χ0n) is 13.9. The molecule has 1 fully saturated rings. The lowest BCUT2D eigenvalue weighted by atomic mass is 9.99. The van der Waals surface area contributed by atoms with Crippen molar-refractivity contribution in [2.75, 3.05) is 13.1 Å². The lowest BCUT2D eigenvalue weighted by molar-refractivity contribution is 0.284. The summed E-state index contributed by atoms with van der Waals surface area (Å²) < 4.78 is 5.83. The van der Waals surface area contributed by atoms with Crippen LogP contribution in [0.25, 0.3) is 0 Å². The quantitative estimate of drug-likeness (QED) is 0.685. The normalized spacial score (nSPS) is 15.3. The van der Waals surface area contributed by atoms with E-state index in [0.717, 1.165) is 45.9 Å². The summed E-state index contributed by atoms with van der Waals surface area (Å²) >= 11 is 11.8. The lowest BCUT2D eigenvalue weighted by Crippen LogP contribution is -2.37. The van der Waals surface area contributed by atoms with Gasteiger partial charge in [0.05, 0.1) is 0 Å². The maximum absolute atomic E-state index is 6.15. The zero-order chi connectivity index (χ0) is 16.9. The summed E-state index contributed by atoms with van der Waals surface area (Å²) in [5.41, 5.74) is 2.07. The predicted molar refractivity (Wildman–Crippen MR) is 104 cm³/mol. The Kier molecular flexibility index (Phi) is 5.75. The van der Waals surface area contributed by atoms with E-state index in [1.807, 2.05) is 48.5 Å². The first-order chi connectivity index (χ1) is 11.6. The molecule has 1 aliphatic rings. The van der Waals surface area contributed by atoms with Crippen molar-refractivity contribution in [3.8, 4) is 5.75 Å². The van der Waals surface area contributed by atoms with Gasteiger partial charge in [-0.25, -0.2) is 0 Å². The Morgan fingerprint density at radius 3 is 2.46 bits per heavy atom. The van der Waals surface area contributed by atoms with Crippen LogP contribution in [0, 0.1) is 5.92 Å². The molecule has 1 heterocycles. The average Bonchev–Trinajstić information content (AvgIpc) is 2.62. The van der Waals surface area contributed by atoms with Crippen molar-refractivity contribution in [2.24, 2.45) is 5.92 Å². The van der Waals surface area contributed by atoms with Crippen LogP contribution in [0.1, 0.15) is 30.9 Å². The minimum atomic E-state index is 0.466. The van der Waals surface area contributed by atoms with Crippen LogP contribution in [0.15, 0.2) is 48.5 Å². The molecule has 1 aliphatic heterocycles. The largest absolute Gasteiger partial charge is 0.489 e. The van der Waals surface area contributed by atoms with E-state index in [4.69, 9.17) is 28.6 Å². The second kappa shape index (κ2) is 8.00. The number of hydrogen-bond acceptors (Lipinski definition) is 2. The number of hydrogen-bond donors (Lipinski definition) is 0. The van der Waals surface area contributed by atoms with Crippen LogP contribution in [0.4, 0.5) is 0 Å². The van der Waals surface area contributed by atoms with E-state index in [0.29, 0.717) is 6.61 Å². The number of benzene rings is 2. The predicted octanol–water partition coefficient (Wildman–Crippen LogP) is 5.33. The van der Waals surface area contributed by atoms with E-state index in [-0.39, 0.29) is 0 Å². The smallest absolute Gasteiger partial charge is 0.119 e. The lowest BCUT2D eigenvalue weighted by Gasteiger charge is -2.32. The van der Waals surface area contributed by atoms with Gasteiger partial charge in [0.25, 0.3) is 0 Å². The molecule has 4 heteroatoms. The molecule has 3 rings (SSSR count). The standard InChI is InChI=1S/C20H22ClNOS/c1-15-10-12-22(13-11-15)20(24)16-6-8-18(9-7-16)23-14-17-4-2-3-5-19(17)21/h2-9,15H,10-14H2,1H3. The molecule has 0 unspecified atom stereocenters. The van der Waals surface area contributed by atoms with Crippen molar-refractivity contribution < 1.29 is 4.74 Å². The molecular formula is C20H22ClNOS. The highest BCUT2D eigenvalue weighted by molar-refractivity contribution is 7.80. The van der Waals surface area contributed by atoms with Gasteiger partial charge in [0.1, 0.15) is 17.3 Å². The monoisotopic (exact) mass is 359 g/mol. The second-order valence-corrected chi connectivity index (χ2v) is 7.17. The van der Waals surface area contributed by atoms with Gasteiger partial charge in [-0.3, -0.25) is 0 Å². The fourth-order valence-corrected chi connectivity index (χ4v) is 3.37. The first kappa shape index (κ1) is 17.2. The number of halogens is 1. The van der Waals surface area contributed by atoms with Crippen LogP contribution in [-0.2, 0) is 6.61 Å². The van der Waals surface area contributed by atoms with Crippen LogP contribution in [0.5, 0.6) is 5.75 Å². The molecule has 126 valence electrons. The van der Waals surface area contributed by atoms with Crippen molar-refractivity contribution >= 4 is 28.8 Å². The van der Waals surface area contributed by atoms with Gasteiger partial charge in [-0.2, -0.15) is 0 Å². The fraction of sp³-hybridized carbons (Fsp3) is 0.350. The Morgan fingerprint density at radius 1 is 1.12 bits per heavy atom. The van der Waals surface area contributed by atoms with Gasteiger partial charge in [0.15, 0.2) is 0 Å². The van der Waals surface area contributed by atoms with E-state index in [1.54, 1.807) is 0 Å². The number of rotatable bonds is 4. The minimum Gasteiger partial charge on any atom is -0.489 e. The molecule has 0 bridgehead atoms. The van der Waals surface area contributed by atoms with Crippen LogP contribution in [0.2, 0.25) is 5.02 Å². The fourth-order valence-electron chi connectivity index (χ4n) is 2.86. The molecule has 0 spiro atoms. The maximum Gasteiger partial charge on any atom is 0.119 e. The SMILES string of the molecule is CC1CCN(C(=S)c2ccc(OCc3ccccc3Cl)cc2)CC1. The van der Waals surface area contributed by atoms with Crippen molar-refractivity contribution in [3.05, 3.63) is 64.7 Å². The summed E-state index contributed by atoms with van der Waals surface area (Å²) in [7, 11) is 0. The Balaban J connectivity index is 1.59. The molecule has 0 radical (unpaired) electrons. The van der Waals surface area contributed by atoms with Gasteiger partial charge in [-0.15, -0.1) is 0 Å². The summed E-state index contributed by atoms with van der Waals surface area (Å²) in [5.74, 6) is 1.64. The van der Waals surface area contributed by atoms with Crippen LogP contribution < -0.4 is 4.74 Å². The van der Waals surface area contributed by atoms with E-state index >= 15 is 0 Å². The van der Waals surface area contributed by atoms with E-state index in [2.05, 4.69) is 11.8 Å². The molecule has 2 aromatic carbocycles. The molecule has 0 atom stereocenters. The number of piperidine rings is 1. The molecule has 0 amide bonds. The van der Waals surface area contributed by atoms with Gasteiger partial charge < -0.3 is 9.64 Å². The molecule has 24 heavy (non-hydrogen) atoms. The average molecular weight is 360 g/mol. The number of thiocarbonyl (C=S) groups is 1. The van der Waals surface area contributed by atoms with Crippen molar-refractivity contribution in [1.82, 2.24) is 4.90 Å². The van der Waals surface area contributed by atoms with E-state index < -0.39 is 0 Å². The Labute approximate surface area is 154 Å². The second-order valence-electron chi connectivity index (χ2n) is 6.38. The summed E-state index contributed by atoms with van der Waals surface area (Å²) in [5, 5.41) is 0.731. The Morgan fingerprint density at radius 2 is 1.79 bits per heavy atom. The van der Waals surface area contributed by atoms with Crippen LogP contribution in [-0.4, -0.2) is 23.0 Å². The van der Waals surface area contributed by atoms with Crippen molar-refractivity contribution in [2.45, 2.75) is 26.4 Å². The Hall–Kier alpha value is -1.58. The van der Waals surface area contributed by atoms with Crippen molar-refractivity contribution in [3.63, 3.8) is 0 Å². The van der Waals surface area contributed by atoms with E-state index in [1.165, 1.54) is 12.8 Å². The molecular weight excluding hydrogens is 338 g/mol. The number of nitrogens with zero attached hydrogens (tertiary/aromatic N) is 1. The Bertz CT molecular complexity index is 693. The van der Waals surface area contributed by atoms with Gasteiger partial charge in [0, 0.05) is 29.2 Å². The van der Waals surface area contributed by atoms with Gasteiger partial charge in [-0.05, 0) is 49.1 Å². The summed E-state index contributed by atoms with van der Waals surface area (Å²) in [6, 6.07) is 15.8. The van der Waals surface area contributed by atoms with E-state index in [9.17, 15) is 0 Å². The highest BCUT2D eigenvalue weighted by atomic mass is 35.5. The summed E-state index contributed by atoms with van der Waals surface area (Å²) in [4.78, 5) is 3.26.